The van der Waals surface area contributed by atoms with Crippen molar-refractivity contribution in [2.75, 3.05) is 26.4 Å². The van der Waals surface area contributed by atoms with Crippen molar-refractivity contribution >= 4 is 12.1 Å². The third-order valence-corrected chi connectivity index (χ3v) is 3.23. The number of aryl methyl sites for hydroxylation is 1. The molecule has 0 bridgehead atoms. The summed E-state index contributed by atoms with van der Waals surface area (Å²) in [5.74, 6) is 0.428. The predicted octanol–water partition coefficient (Wildman–Crippen LogP) is 1.81. The Morgan fingerprint density at radius 1 is 1.30 bits per heavy atom. The van der Waals surface area contributed by atoms with Crippen LogP contribution in [0.3, 0.4) is 0 Å². The minimum atomic E-state index is 0.428. The maximum atomic E-state index is 11.3. The summed E-state index contributed by atoms with van der Waals surface area (Å²) in [5, 5.41) is 4.49. The Balaban J connectivity index is 2.40. The van der Waals surface area contributed by atoms with Gasteiger partial charge in [0.1, 0.15) is 11.5 Å². The normalized spacial score (nSPS) is 11.0. The summed E-state index contributed by atoms with van der Waals surface area (Å²) in [6, 6.07) is 7.92. The molecule has 1 heterocycles. The van der Waals surface area contributed by atoms with E-state index in [-0.39, 0.29) is 0 Å². The summed E-state index contributed by atoms with van der Waals surface area (Å²) < 4.78 is 1.69. The Morgan fingerprint density at radius 3 is 2.50 bits per heavy atom. The SMILES string of the molecule is Cc1ccc(-c2nn(CCN(C)C)c(N)c2C=O)cc1. The van der Waals surface area contributed by atoms with Crippen molar-refractivity contribution in [3.8, 4) is 11.3 Å². The van der Waals surface area contributed by atoms with E-state index in [4.69, 9.17) is 5.73 Å². The maximum Gasteiger partial charge on any atom is 0.156 e. The molecule has 0 aliphatic carbocycles. The summed E-state index contributed by atoms with van der Waals surface area (Å²) in [5.41, 5.74) is 9.21. The van der Waals surface area contributed by atoms with E-state index in [0.717, 1.165) is 18.4 Å². The highest BCUT2D eigenvalue weighted by molar-refractivity contribution is 5.91. The summed E-state index contributed by atoms with van der Waals surface area (Å²) in [4.78, 5) is 13.3. The van der Waals surface area contributed by atoms with E-state index >= 15 is 0 Å². The van der Waals surface area contributed by atoms with E-state index in [1.807, 2.05) is 50.2 Å². The summed E-state index contributed by atoms with van der Waals surface area (Å²) in [6.07, 6.45) is 0.781. The molecular weight excluding hydrogens is 252 g/mol. The Morgan fingerprint density at radius 2 is 1.95 bits per heavy atom. The number of aldehydes is 1. The molecule has 0 atom stereocenters. The Hall–Kier alpha value is -2.14. The van der Waals surface area contributed by atoms with Crippen molar-refractivity contribution in [2.24, 2.45) is 0 Å². The maximum absolute atomic E-state index is 11.3. The second kappa shape index (κ2) is 5.88. The average Bonchev–Trinajstić information content (AvgIpc) is 2.73. The van der Waals surface area contributed by atoms with Crippen LogP contribution in [0, 0.1) is 6.92 Å². The van der Waals surface area contributed by atoms with Crippen molar-refractivity contribution < 1.29 is 4.79 Å². The number of aromatic nitrogens is 2. The first-order valence-electron chi connectivity index (χ1n) is 6.56. The van der Waals surface area contributed by atoms with Crippen LogP contribution in [0.2, 0.25) is 0 Å². The fourth-order valence-electron chi connectivity index (χ4n) is 1.99. The first-order valence-corrected chi connectivity index (χ1v) is 6.56. The standard InChI is InChI=1S/C15H20N4O/c1-11-4-6-12(7-5-11)14-13(10-20)15(16)19(17-14)9-8-18(2)3/h4-7,10H,8-9,16H2,1-3H3. The van der Waals surface area contributed by atoms with Crippen LogP contribution in [0.15, 0.2) is 24.3 Å². The number of hydrogen-bond donors (Lipinski definition) is 1. The smallest absolute Gasteiger partial charge is 0.156 e. The number of benzene rings is 1. The molecule has 5 nitrogen and oxygen atoms in total. The third kappa shape index (κ3) is 2.88. The number of nitrogens with zero attached hydrogens (tertiary/aromatic N) is 3. The number of carbonyl (C=O) groups excluding carboxylic acids is 1. The van der Waals surface area contributed by atoms with Gasteiger partial charge in [-0.25, -0.2) is 4.68 Å². The zero-order valence-corrected chi connectivity index (χ0v) is 12.1. The van der Waals surface area contributed by atoms with Gasteiger partial charge in [0.25, 0.3) is 0 Å². The van der Waals surface area contributed by atoms with E-state index < -0.39 is 0 Å². The molecule has 20 heavy (non-hydrogen) atoms. The molecule has 106 valence electrons. The van der Waals surface area contributed by atoms with Crippen LogP contribution in [-0.4, -0.2) is 41.6 Å². The van der Waals surface area contributed by atoms with Gasteiger partial charge in [0.15, 0.2) is 6.29 Å². The molecule has 1 aromatic carbocycles. The lowest BCUT2D eigenvalue weighted by molar-refractivity contribution is 0.112. The third-order valence-electron chi connectivity index (χ3n) is 3.23. The van der Waals surface area contributed by atoms with Gasteiger partial charge in [-0.1, -0.05) is 29.8 Å². The van der Waals surface area contributed by atoms with E-state index in [2.05, 4.69) is 5.10 Å². The zero-order valence-electron chi connectivity index (χ0n) is 12.1. The van der Waals surface area contributed by atoms with Gasteiger partial charge in [0.05, 0.1) is 12.1 Å². The van der Waals surface area contributed by atoms with Crippen molar-refractivity contribution in [2.45, 2.75) is 13.5 Å². The highest BCUT2D eigenvalue weighted by Crippen LogP contribution is 2.26. The highest BCUT2D eigenvalue weighted by Gasteiger charge is 2.16. The second-order valence-electron chi connectivity index (χ2n) is 5.16. The fraction of sp³-hybridized carbons (Fsp3) is 0.333. The molecule has 0 saturated carbocycles. The largest absolute Gasteiger partial charge is 0.383 e. The molecule has 2 aromatic rings. The Kier molecular flexibility index (Phi) is 4.20. The molecule has 5 heteroatoms. The molecule has 0 radical (unpaired) electrons. The van der Waals surface area contributed by atoms with E-state index in [1.165, 1.54) is 5.56 Å². The number of carbonyl (C=O) groups is 1. The van der Waals surface area contributed by atoms with Crippen LogP contribution in [0.1, 0.15) is 15.9 Å². The van der Waals surface area contributed by atoms with Gasteiger partial charge in [0.2, 0.25) is 0 Å². The van der Waals surface area contributed by atoms with Gasteiger partial charge in [-0.15, -0.1) is 0 Å². The van der Waals surface area contributed by atoms with Gasteiger partial charge in [-0.3, -0.25) is 4.79 Å². The molecule has 0 saturated heterocycles. The molecule has 0 fully saturated rings. The first kappa shape index (κ1) is 14.3. The highest BCUT2D eigenvalue weighted by atomic mass is 16.1. The molecule has 1 aromatic heterocycles. The van der Waals surface area contributed by atoms with E-state index in [1.54, 1.807) is 4.68 Å². The van der Waals surface area contributed by atoms with Crippen molar-refractivity contribution in [3.05, 3.63) is 35.4 Å². The summed E-state index contributed by atoms with van der Waals surface area (Å²) in [6.45, 7) is 3.50. The molecular formula is C15H20N4O. The minimum absolute atomic E-state index is 0.428. The lowest BCUT2D eigenvalue weighted by Crippen LogP contribution is -2.20. The molecule has 0 spiro atoms. The number of nitrogen functional groups attached to an aromatic ring is 1. The zero-order chi connectivity index (χ0) is 14.7. The van der Waals surface area contributed by atoms with Gasteiger partial charge in [0, 0.05) is 12.1 Å². The predicted molar refractivity (Wildman–Crippen MR) is 80.8 cm³/mol. The van der Waals surface area contributed by atoms with Crippen molar-refractivity contribution in [1.29, 1.82) is 0 Å². The van der Waals surface area contributed by atoms with Crippen LogP contribution in [0.25, 0.3) is 11.3 Å². The Labute approximate surface area is 119 Å². The molecule has 2 rings (SSSR count). The monoisotopic (exact) mass is 272 g/mol. The lowest BCUT2D eigenvalue weighted by atomic mass is 10.1. The number of hydrogen-bond acceptors (Lipinski definition) is 4. The van der Waals surface area contributed by atoms with Gasteiger partial charge in [-0.05, 0) is 21.0 Å². The van der Waals surface area contributed by atoms with Crippen molar-refractivity contribution in [1.82, 2.24) is 14.7 Å². The van der Waals surface area contributed by atoms with Crippen LogP contribution in [0.5, 0.6) is 0 Å². The van der Waals surface area contributed by atoms with E-state index in [9.17, 15) is 4.79 Å². The first-order chi connectivity index (χ1) is 9.52. The summed E-state index contributed by atoms with van der Waals surface area (Å²) in [7, 11) is 3.97. The summed E-state index contributed by atoms with van der Waals surface area (Å²) >= 11 is 0. The molecule has 0 aliphatic rings. The number of nitrogens with two attached hydrogens (primary N) is 1. The molecule has 0 amide bonds. The van der Waals surface area contributed by atoms with Gasteiger partial charge < -0.3 is 10.6 Å². The molecule has 0 aliphatic heterocycles. The van der Waals surface area contributed by atoms with Crippen LogP contribution in [0.4, 0.5) is 5.82 Å². The topological polar surface area (TPSA) is 64.2 Å². The second-order valence-corrected chi connectivity index (χ2v) is 5.16. The molecule has 2 N–H and O–H groups in total. The van der Waals surface area contributed by atoms with Gasteiger partial charge in [-0.2, -0.15) is 5.10 Å². The number of likely N-dealkylation sites (N-methyl/N-ethyl adjacent to an activating group) is 1. The van der Waals surface area contributed by atoms with Crippen molar-refractivity contribution in [3.63, 3.8) is 0 Å². The number of anilines is 1. The quantitative estimate of drug-likeness (QED) is 0.843. The molecule has 0 unspecified atom stereocenters. The average molecular weight is 272 g/mol. The lowest BCUT2D eigenvalue weighted by Gasteiger charge is -2.10. The fourth-order valence-corrected chi connectivity index (χ4v) is 1.99. The van der Waals surface area contributed by atoms with Crippen LogP contribution < -0.4 is 5.73 Å². The van der Waals surface area contributed by atoms with Gasteiger partial charge >= 0.3 is 0 Å². The minimum Gasteiger partial charge on any atom is -0.383 e. The Bertz CT molecular complexity index is 599. The van der Waals surface area contributed by atoms with Crippen LogP contribution in [-0.2, 0) is 6.54 Å². The van der Waals surface area contributed by atoms with E-state index in [0.29, 0.717) is 23.6 Å². The van der Waals surface area contributed by atoms with Crippen LogP contribution >= 0.6 is 0 Å². The number of rotatable bonds is 5.